The molecule has 98 valence electrons. The van der Waals surface area contributed by atoms with Crippen molar-refractivity contribution in [3.8, 4) is 0 Å². The normalized spacial score (nSPS) is 14.3. The third-order valence-corrected chi connectivity index (χ3v) is 3.85. The van der Waals surface area contributed by atoms with Crippen LogP contribution in [0.15, 0.2) is 23.6 Å². The van der Waals surface area contributed by atoms with Crippen LogP contribution in [-0.2, 0) is 0 Å². The largest absolute Gasteiger partial charge is 0.478 e. The quantitative estimate of drug-likeness (QED) is 0.746. The number of aromatic nitrogens is 1. The number of hydrogen-bond donors (Lipinski definition) is 3. The van der Waals surface area contributed by atoms with Gasteiger partial charge in [-0.2, -0.15) is 0 Å². The summed E-state index contributed by atoms with van der Waals surface area (Å²) in [4.78, 5) is 15.6. The Hall–Kier alpha value is -2.08. The van der Waals surface area contributed by atoms with E-state index in [1.54, 1.807) is 12.1 Å². The van der Waals surface area contributed by atoms with E-state index in [0.29, 0.717) is 22.4 Å². The predicted octanol–water partition coefficient (Wildman–Crippen LogP) is 3.04. The molecule has 1 fully saturated rings. The number of carboxylic acid groups (broad SMARTS) is 1. The van der Waals surface area contributed by atoms with E-state index in [2.05, 4.69) is 10.3 Å². The van der Waals surface area contributed by atoms with Gasteiger partial charge in [-0.3, -0.25) is 0 Å². The van der Waals surface area contributed by atoms with Crippen molar-refractivity contribution in [2.45, 2.75) is 18.8 Å². The minimum atomic E-state index is -1.01. The average Bonchev–Trinajstić information content (AvgIpc) is 3.12. The molecular formula is C13H13N3O2S. The summed E-state index contributed by atoms with van der Waals surface area (Å²) in [5.74, 6) is -0.423. The molecule has 0 aliphatic heterocycles. The van der Waals surface area contributed by atoms with Crippen LogP contribution in [0.2, 0.25) is 0 Å². The van der Waals surface area contributed by atoms with Crippen LogP contribution in [0.1, 0.15) is 34.8 Å². The number of para-hydroxylation sites is 1. The molecule has 0 bridgehead atoms. The minimum Gasteiger partial charge on any atom is -0.478 e. The Morgan fingerprint density at radius 1 is 1.47 bits per heavy atom. The molecule has 4 N–H and O–H groups in total. The van der Waals surface area contributed by atoms with E-state index >= 15 is 0 Å². The van der Waals surface area contributed by atoms with E-state index in [-0.39, 0.29) is 5.56 Å². The molecule has 1 aromatic carbocycles. The van der Waals surface area contributed by atoms with Gasteiger partial charge in [0.15, 0.2) is 5.13 Å². The molecule has 0 atom stereocenters. The second kappa shape index (κ2) is 4.55. The Labute approximate surface area is 114 Å². The Kier molecular flexibility index (Phi) is 2.87. The van der Waals surface area contributed by atoms with Crippen LogP contribution in [-0.4, -0.2) is 16.1 Å². The fourth-order valence-corrected chi connectivity index (χ4v) is 2.70. The smallest absolute Gasteiger partial charge is 0.337 e. The highest BCUT2D eigenvalue weighted by Gasteiger charge is 2.26. The van der Waals surface area contributed by atoms with Crippen LogP contribution in [0.5, 0.6) is 0 Å². The summed E-state index contributed by atoms with van der Waals surface area (Å²) >= 11 is 1.47. The molecule has 0 spiro atoms. The van der Waals surface area contributed by atoms with Crippen LogP contribution < -0.4 is 11.1 Å². The first-order valence-corrected chi connectivity index (χ1v) is 6.87. The average molecular weight is 275 g/mol. The Morgan fingerprint density at radius 3 is 2.95 bits per heavy atom. The SMILES string of the molecule is Nc1cccc(C(=O)O)c1Nc1nc(C2CC2)cs1. The number of nitrogens with one attached hydrogen (secondary N) is 1. The highest BCUT2D eigenvalue weighted by atomic mass is 32.1. The number of hydrogen-bond acceptors (Lipinski definition) is 5. The second-order valence-corrected chi connectivity index (χ2v) is 5.41. The first-order chi connectivity index (χ1) is 9.15. The fraction of sp³-hybridized carbons (Fsp3) is 0.231. The van der Waals surface area contributed by atoms with Gasteiger partial charge in [0.25, 0.3) is 0 Å². The monoisotopic (exact) mass is 275 g/mol. The fourth-order valence-electron chi connectivity index (χ4n) is 1.91. The first-order valence-electron chi connectivity index (χ1n) is 5.99. The predicted molar refractivity (Wildman–Crippen MR) is 75.2 cm³/mol. The lowest BCUT2D eigenvalue weighted by Gasteiger charge is -2.09. The van der Waals surface area contributed by atoms with E-state index in [1.807, 2.05) is 5.38 Å². The van der Waals surface area contributed by atoms with Crippen LogP contribution in [0.3, 0.4) is 0 Å². The molecule has 1 aliphatic carbocycles. The van der Waals surface area contributed by atoms with Gasteiger partial charge in [0.1, 0.15) is 0 Å². The van der Waals surface area contributed by atoms with E-state index in [0.717, 1.165) is 5.69 Å². The Morgan fingerprint density at radius 2 is 2.26 bits per heavy atom. The van der Waals surface area contributed by atoms with Crippen LogP contribution in [0.4, 0.5) is 16.5 Å². The van der Waals surface area contributed by atoms with E-state index in [4.69, 9.17) is 10.8 Å². The first kappa shape index (κ1) is 12.0. The molecule has 1 aliphatic rings. The molecule has 0 amide bonds. The number of carboxylic acids is 1. The number of nitrogens with two attached hydrogens (primary N) is 1. The van der Waals surface area contributed by atoms with Crippen molar-refractivity contribution in [2.75, 3.05) is 11.1 Å². The zero-order valence-electron chi connectivity index (χ0n) is 10.1. The maximum absolute atomic E-state index is 11.2. The molecule has 3 rings (SSSR count). The maximum atomic E-state index is 11.2. The van der Waals surface area contributed by atoms with Gasteiger partial charge in [0.05, 0.1) is 22.6 Å². The van der Waals surface area contributed by atoms with E-state index in [9.17, 15) is 4.79 Å². The number of benzene rings is 1. The molecule has 1 saturated carbocycles. The van der Waals surface area contributed by atoms with Crippen molar-refractivity contribution in [3.63, 3.8) is 0 Å². The molecule has 6 heteroatoms. The Balaban J connectivity index is 1.90. The summed E-state index contributed by atoms with van der Waals surface area (Å²) in [7, 11) is 0. The summed E-state index contributed by atoms with van der Waals surface area (Å²) in [6, 6.07) is 4.82. The molecule has 1 heterocycles. The molecule has 0 saturated heterocycles. The van der Waals surface area contributed by atoms with Crippen molar-refractivity contribution in [1.82, 2.24) is 4.98 Å². The number of nitrogens with zero attached hydrogens (tertiary/aromatic N) is 1. The zero-order valence-corrected chi connectivity index (χ0v) is 10.9. The van der Waals surface area contributed by atoms with Gasteiger partial charge in [0.2, 0.25) is 0 Å². The minimum absolute atomic E-state index is 0.156. The third kappa shape index (κ3) is 2.39. The lowest BCUT2D eigenvalue weighted by Crippen LogP contribution is -2.05. The van der Waals surface area contributed by atoms with Crippen molar-refractivity contribution < 1.29 is 9.90 Å². The van der Waals surface area contributed by atoms with Gasteiger partial charge in [-0.25, -0.2) is 9.78 Å². The van der Waals surface area contributed by atoms with Crippen LogP contribution in [0.25, 0.3) is 0 Å². The van der Waals surface area contributed by atoms with Gasteiger partial charge in [-0.15, -0.1) is 11.3 Å². The third-order valence-electron chi connectivity index (χ3n) is 3.08. The van der Waals surface area contributed by atoms with Crippen molar-refractivity contribution in [1.29, 1.82) is 0 Å². The number of carbonyl (C=O) groups is 1. The summed E-state index contributed by atoms with van der Waals surface area (Å²) in [5.41, 5.74) is 7.89. The topological polar surface area (TPSA) is 88.2 Å². The van der Waals surface area contributed by atoms with Crippen molar-refractivity contribution >= 4 is 33.8 Å². The number of anilines is 3. The summed E-state index contributed by atoms with van der Waals surface area (Å²) in [5, 5.41) is 14.9. The van der Waals surface area contributed by atoms with Crippen molar-refractivity contribution in [2.24, 2.45) is 0 Å². The molecule has 19 heavy (non-hydrogen) atoms. The van der Waals surface area contributed by atoms with Gasteiger partial charge in [-0.1, -0.05) is 6.07 Å². The zero-order chi connectivity index (χ0) is 13.4. The summed E-state index contributed by atoms with van der Waals surface area (Å²) < 4.78 is 0. The van der Waals surface area contributed by atoms with Gasteiger partial charge >= 0.3 is 5.97 Å². The molecule has 5 nitrogen and oxygen atoms in total. The number of nitrogen functional groups attached to an aromatic ring is 1. The Bertz CT molecular complexity index is 635. The van der Waals surface area contributed by atoms with E-state index in [1.165, 1.54) is 30.2 Å². The standard InChI is InChI=1S/C13H13N3O2S/c14-9-3-1-2-8(12(17)18)11(9)16-13-15-10(6-19-13)7-4-5-7/h1-3,6-7H,4-5,14H2,(H,15,16)(H,17,18). The highest BCUT2D eigenvalue weighted by molar-refractivity contribution is 7.13. The van der Waals surface area contributed by atoms with E-state index < -0.39 is 5.97 Å². The van der Waals surface area contributed by atoms with Gasteiger partial charge in [0, 0.05) is 11.3 Å². The molecule has 2 aromatic rings. The molecule has 1 aromatic heterocycles. The number of thiazole rings is 1. The maximum Gasteiger partial charge on any atom is 0.337 e. The molecular weight excluding hydrogens is 262 g/mol. The summed E-state index contributed by atoms with van der Waals surface area (Å²) in [6.45, 7) is 0. The van der Waals surface area contributed by atoms with Gasteiger partial charge in [-0.05, 0) is 25.0 Å². The lowest BCUT2D eigenvalue weighted by molar-refractivity contribution is 0.0698. The number of rotatable bonds is 4. The van der Waals surface area contributed by atoms with Crippen molar-refractivity contribution in [3.05, 3.63) is 34.8 Å². The van der Waals surface area contributed by atoms with Crippen LogP contribution in [0, 0.1) is 0 Å². The summed E-state index contributed by atoms with van der Waals surface area (Å²) in [6.07, 6.45) is 2.38. The van der Waals surface area contributed by atoms with Gasteiger partial charge < -0.3 is 16.2 Å². The number of aromatic carboxylic acids is 1. The second-order valence-electron chi connectivity index (χ2n) is 4.55. The van der Waals surface area contributed by atoms with Crippen LogP contribution >= 0.6 is 11.3 Å². The molecule has 0 radical (unpaired) electrons. The molecule has 0 unspecified atom stereocenters. The lowest BCUT2D eigenvalue weighted by atomic mass is 10.1. The highest BCUT2D eigenvalue weighted by Crippen LogP contribution is 2.41.